The second kappa shape index (κ2) is 3.97. The average Bonchev–Trinajstić information content (AvgIpc) is 2.81. The molecule has 4 atom stereocenters. The molecule has 3 aliphatic rings. The van der Waals surface area contributed by atoms with E-state index in [-0.39, 0.29) is 11.5 Å². The summed E-state index contributed by atoms with van der Waals surface area (Å²) in [6.07, 6.45) is 8.84. The normalized spacial score (nSPS) is 38.2. The Hall–Kier alpha value is -1.57. The van der Waals surface area contributed by atoms with Gasteiger partial charge in [0.1, 0.15) is 5.75 Å². The van der Waals surface area contributed by atoms with E-state index in [1.165, 1.54) is 12.0 Å². The van der Waals surface area contributed by atoms with Crippen LogP contribution in [0.15, 0.2) is 30.4 Å². The van der Waals surface area contributed by atoms with Gasteiger partial charge in [0, 0.05) is 12.0 Å². The Labute approximate surface area is 119 Å². The highest BCUT2D eigenvalue weighted by atomic mass is 16.3. The van der Waals surface area contributed by atoms with Crippen molar-refractivity contribution in [2.24, 2.45) is 17.3 Å². The zero-order valence-corrected chi connectivity index (χ0v) is 11.8. The van der Waals surface area contributed by atoms with Crippen LogP contribution in [0.1, 0.15) is 54.4 Å². The molecular formula is C18H20O2. The van der Waals surface area contributed by atoms with E-state index >= 15 is 0 Å². The Morgan fingerprint density at radius 2 is 2.20 bits per heavy atom. The van der Waals surface area contributed by atoms with E-state index < -0.39 is 0 Å². The van der Waals surface area contributed by atoms with Crippen LogP contribution in [0.3, 0.4) is 0 Å². The zero-order valence-electron chi connectivity index (χ0n) is 11.8. The lowest BCUT2D eigenvalue weighted by atomic mass is 9.55. The molecule has 1 N–H and O–H groups in total. The van der Waals surface area contributed by atoms with Gasteiger partial charge in [-0.2, -0.15) is 0 Å². The van der Waals surface area contributed by atoms with Crippen LogP contribution >= 0.6 is 0 Å². The first-order valence-electron chi connectivity index (χ1n) is 7.62. The number of fused-ring (bicyclic) bond motifs is 5. The van der Waals surface area contributed by atoms with E-state index in [2.05, 4.69) is 19.1 Å². The number of allylic oxidation sites excluding steroid dienone is 2. The summed E-state index contributed by atoms with van der Waals surface area (Å²) in [5, 5.41) is 9.63. The smallest absolute Gasteiger partial charge is 0.163 e. The molecule has 0 radical (unpaired) electrons. The summed E-state index contributed by atoms with van der Waals surface area (Å²) >= 11 is 0. The molecule has 0 aromatic heterocycles. The number of phenolic OH excluding ortho intramolecular Hbond substituents is 1. The summed E-state index contributed by atoms with van der Waals surface area (Å²) in [7, 11) is 0. The zero-order chi connectivity index (χ0) is 13.9. The van der Waals surface area contributed by atoms with Crippen LogP contribution in [0, 0.1) is 17.3 Å². The van der Waals surface area contributed by atoms with Crippen molar-refractivity contribution in [2.45, 2.75) is 38.5 Å². The van der Waals surface area contributed by atoms with E-state index in [9.17, 15) is 9.90 Å². The Balaban J connectivity index is 1.79. The van der Waals surface area contributed by atoms with Gasteiger partial charge in [0.25, 0.3) is 0 Å². The molecule has 4 rings (SSSR count). The number of ketones is 1. The number of carbonyl (C=O) groups is 1. The second-order valence-corrected chi connectivity index (χ2v) is 6.96. The summed E-state index contributed by atoms with van der Waals surface area (Å²) < 4.78 is 0. The third-order valence-electron chi connectivity index (χ3n) is 5.92. The van der Waals surface area contributed by atoms with Crippen molar-refractivity contribution in [1.82, 2.24) is 0 Å². The van der Waals surface area contributed by atoms with Crippen molar-refractivity contribution in [2.75, 3.05) is 0 Å². The molecule has 0 heterocycles. The largest absolute Gasteiger partial charge is 0.508 e. The van der Waals surface area contributed by atoms with Crippen LogP contribution in [0.2, 0.25) is 0 Å². The second-order valence-electron chi connectivity index (χ2n) is 6.96. The summed E-state index contributed by atoms with van der Waals surface area (Å²) in [6, 6.07) is 5.37. The van der Waals surface area contributed by atoms with Gasteiger partial charge in [0.15, 0.2) is 5.78 Å². The predicted octanol–water partition coefficient (Wildman–Crippen LogP) is 4.05. The molecule has 3 aliphatic carbocycles. The Morgan fingerprint density at radius 1 is 1.35 bits per heavy atom. The van der Waals surface area contributed by atoms with Gasteiger partial charge in [-0.3, -0.25) is 4.79 Å². The van der Waals surface area contributed by atoms with Gasteiger partial charge in [-0.15, -0.1) is 0 Å². The molecule has 1 aromatic rings. The van der Waals surface area contributed by atoms with Crippen LogP contribution in [-0.4, -0.2) is 10.9 Å². The fourth-order valence-electron chi connectivity index (χ4n) is 4.87. The minimum Gasteiger partial charge on any atom is -0.508 e. The fraction of sp³-hybridized carbons (Fsp3) is 0.500. The number of benzene rings is 1. The fourth-order valence-corrected chi connectivity index (χ4v) is 4.87. The summed E-state index contributed by atoms with van der Waals surface area (Å²) in [5.41, 5.74) is 2.24. The first-order chi connectivity index (χ1) is 9.58. The molecule has 104 valence electrons. The number of aromatic hydroxyl groups is 1. The van der Waals surface area contributed by atoms with E-state index in [0.29, 0.717) is 29.6 Å². The third kappa shape index (κ3) is 1.54. The summed E-state index contributed by atoms with van der Waals surface area (Å²) in [5.74, 6) is 2.02. The number of Topliss-reactive ketones (excluding diaryl/α,β-unsaturated/α-hetero) is 1. The Morgan fingerprint density at radius 3 is 3.05 bits per heavy atom. The van der Waals surface area contributed by atoms with Gasteiger partial charge in [0.2, 0.25) is 0 Å². The van der Waals surface area contributed by atoms with E-state index in [4.69, 9.17) is 0 Å². The SMILES string of the molecule is C[C@@]12C=CCC1C1CC(=O)c3cc(O)ccc3C1CC2. The van der Waals surface area contributed by atoms with Gasteiger partial charge in [-0.1, -0.05) is 25.1 Å². The first-order valence-corrected chi connectivity index (χ1v) is 7.62. The van der Waals surface area contributed by atoms with Crippen LogP contribution in [-0.2, 0) is 0 Å². The molecule has 0 aliphatic heterocycles. The number of rotatable bonds is 0. The quantitative estimate of drug-likeness (QED) is 0.721. The van der Waals surface area contributed by atoms with E-state index in [1.54, 1.807) is 12.1 Å². The molecule has 20 heavy (non-hydrogen) atoms. The highest BCUT2D eigenvalue weighted by Crippen LogP contribution is 2.58. The maximum atomic E-state index is 12.5. The molecule has 0 spiro atoms. The van der Waals surface area contributed by atoms with E-state index in [0.717, 1.165) is 18.4 Å². The monoisotopic (exact) mass is 268 g/mol. The highest BCUT2D eigenvalue weighted by molar-refractivity contribution is 5.99. The highest BCUT2D eigenvalue weighted by Gasteiger charge is 2.49. The molecule has 1 saturated carbocycles. The predicted molar refractivity (Wildman–Crippen MR) is 77.9 cm³/mol. The van der Waals surface area contributed by atoms with Crippen LogP contribution in [0.4, 0.5) is 0 Å². The average molecular weight is 268 g/mol. The molecule has 2 heteroatoms. The minimum atomic E-state index is 0.207. The minimum absolute atomic E-state index is 0.207. The van der Waals surface area contributed by atoms with E-state index in [1.807, 2.05) is 6.07 Å². The molecule has 0 bridgehead atoms. The molecule has 1 fully saturated rings. The van der Waals surface area contributed by atoms with Crippen LogP contribution in [0.5, 0.6) is 5.75 Å². The van der Waals surface area contributed by atoms with Crippen molar-refractivity contribution in [3.8, 4) is 5.75 Å². The number of carbonyl (C=O) groups excluding carboxylic acids is 1. The maximum Gasteiger partial charge on any atom is 0.163 e. The standard InChI is InChI=1S/C18H20O2/c1-18-7-2-3-16(18)14-10-17(20)15-9-11(19)4-5-12(15)13(14)6-8-18/h2,4-5,7,9,13-14,16,19H,3,6,8,10H2,1H3/t13?,14?,16?,18-/m0/s1. The molecule has 0 amide bonds. The van der Waals surface area contributed by atoms with Gasteiger partial charge < -0.3 is 5.11 Å². The molecule has 0 saturated heterocycles. The van der Waals surface area contributed by atoms with Gasteiger partial charge in [0.05, 0.1) is 0 Å². The van der Waals surface area contributed by atoms with Crippen molar-refractivity contribution >= 4 is 5.78 Å². The number of hydrogen-bond acceptors (Lipinski definition) is 2. The number of phenols is 1. The molecule has 2 nitrogen and oxygen atoms in total. The Bertz CT molecular complexity index is 616. The first kappa shape index (κ1) is 12.2. The molecule has 1 aromatic carbocycles. The summed E-state index contributed by atoms with van der Waals surface area (Å²) in [4.78, 5) is 12.5. The topological polar surface area (TPSA) is 37.3 Å². The van der Waals surface area contributed by atoms with Crippen molar-refractivity contribution in [1.29, 1.82) is 0 Å². The lowest BCUT2D eigenvalue weighted by Gasteiger charge is -2.48. The molecular weight excluding hydrogens is 248 g/mol. The number of hydrogen-bond donors (Lipinski definition) is 1. The maximum absolute atomic E-state index is 12.5. The van der Waals surface area contributed by atoms with Crippen molar-refractivity contribution in [3.63, 3.8) is 0 Å². The van der Waals surface area contributed by atoms with Gasteiger partial charge >= 0.3 is 0 Å². The lowest BCUT2D eigenvalue weighted by molar-refractivity contribution is 0.0659. The van der Waals surface area contributed by atoms with Crippen LogP contribution in [0.25, 0.3) is 0 Å². The Kier molecular flexibility index (Phi) is 2.42. The van der Waals surface area contributed by atoms with Gasteiger partial charge in [-0.05, 0) is 60.1 Å². The van der Waals surface area contributed by atoms with Crippen LogP contribution < -0.4 is 0 Å². The lowest BCUT2D eigenvalue weighted by Crippen LogP contribution is -2.41. The molecule has 3 unspecified atom stereocenters. The van der Waals surface area contributed by atoms with Crippen molar-refractivity contribution < 1.29 is 9.90 Å². The summed E-state index contributed by atoms with van der Waals surface area (Å²) in [6.45, 7) is 2.36. The van der Waals surface area contributed by atoms with Crippen molar-refractivity contribution in [3.05, 3.63) is 41.5 Å². The van der Waals surface area contributed by atoms with Gasteiger partial charge in [-0.25, -0.2) is 0 Å². The third-order valence-corrected chi connectivity index (χ3v) is 5.92.